The molecule has 0 spiro atoms. The minimum Gasteiger partial charge on any atom is -0.456 e. The van der Waals surface area contributed by atoms with Crippen molar-refractivity contribution in [3.8, 4) is 5.69 Å². The van der Waals surface area contributed by atoms with Crippen LogP contribution >= 0.6 is 0 Å². The summed E-state index contributed by atoms with van der Waals surface area (Å²) in [6, 6.07) is 66.6. The summed E-state index contributed by atoms with van der Waals surface area (Å²) in [5, 5.41) is 11.3. The van der Waals surface area contributed by atoms with Gasteiger partial charge in [0, 0.05) is 54.6 Å². The molecule has 0 aliphatic carbocycles. The number of hydrogen-bond donors (Lipinski definition) is 0. The molecule has 306 valence electrons. The molecule has 1 unspecified atom stereocenters. The number of amidine groups is 1. The zero-order chi connectivity index (χ0) is 42.8. The Morgan fingerprint density at radius 2 is 1.05 bits per heavy atom. The van der Waals surface area contributed by atoms with Crippen LogP contribution in [0, 0.1) is 5.92 Å². The van der Waals surface area contributed by atoms with Crippen LogP contribution < -0.4 is 0 Å². The molecule has 1 atom stereocenters. The van der Waals surface area contributed by atoms with Crippen LogP contribution in [0.2, 0.25) is 0 Å². The van der Waals surface area contributed by atoms with Gasteiger partial charge in [0.15, 0.2) is 5.84 Å². The molecule has 6 heteroatoms. The molecule has 0 fully saturated rings. The van der Waals surface area contributed by atoms with Crippen molar-refractivity contribution in [3.63, 3.8) is 0 Å². The van der Waals surface area contributed by atoms with Gasteiger partial charge in [0.05, 0.1) is 39.0 Å². The lowest BCUT2D eigenvalue weighted by molar-refractivity contribution is 0.667. The monoisotopic (exact) mass is 834 g/mol. The molecule has 0 amide bonds. The van der Waals surface area contributed by atoms with Crippen LogP contribution in [0.25, 0.3) is 110 Å². The van der Waals surface area contributed by atoms with E-state index in [0.717, 1.165) is 94.3 Å². The second-order valence-electron chi connectivity index (χ2n) is 17.3. The van der Waals surface area contributed by atoms with E-state index in [1.54, 1.807) is 0 Å². The third kappa shape index (κ3) is 5.28. The predicted molar refractivity (Wildman–Crippen MR) is 270 cm³/mol. The fraction of sp³-hybridized carbons (Fsp3) is 0.0508. The zero-order valence-corrected chi connectivity index (χ0v) is 35.4. The van der Waals surface area contributed by atoms with Crippen molar-refractivity contribution >= 4 is 116 Å². The average molecular weight is 835 g/mol. The second-order valence-corrected chi connectivity index (χ2v) is 17.3. The van der Waals surface area contributed by atoms with Crippen LogP contribution in [0.5, 0.6) is 0 Å². The van der Waals surface area contributed by atoms with Crippen LogP contribution in [0.1, 0.15) is 24.5 Å². The molecule has 0 radical (unpaired) electrons. The number of fused-ring (bicyclic) bond motifs is 13. The minimum atomic E-state index is -0.0204. The fourth-order valence-electron chi connectivity index (χ4n) is 10.6. The second kappa shape index (κ2) is 13.8. The van der Waals surface area contributed by atoms with Crippen molar-refractivity contribution < 1.29 is 8.83 Å². The van der Waals surface area contributed by atoms with Crippen molar-refractivity contribution in [2.75, 3.05) is 0 Å². The maximum atomic E-state index is 7.02. The largest absolute Gasteiger partial charge is 0.456 e. The van der Waals surface area contributed by atoms with E-state index in [1.807, 2.05) is 24.3 Å². The third-order valence-electron chi connectivity index (χ3n) is 13.6. The van der Waals surface area contributed by atoms with E-state index in [0.29, 0.717) is 12.3 Å². The van der Waals surface area contributed by atoms with Gasteiger partial charge in [-0.25, -0.2) is 9.98 Å². The van der Waals surface area contributed by atoms with Gasteiger partial charge >= 0.3 is 0 Å². The zero-order valence-electron chi connectivity index (χ0n) is 35.4. The maximum Gasteiger partial charge on any atom is 0.162 e. The van der Waals surface area contributed by atoms with Gasteiger partial charge in [-0.2, -0.15) is 0 Å². The van der Waals surface area contributed by atoms with E-state index in [4.69, 9.17) is 18.8 Å². The molecular formula is C59H38N4O2. The number of aromatic nitrogens is 2. The molecule has 65 heavy (non-hydrogen) atoms. The maximum absolute atomic E-state index is 7.02. The van der Waals surface area contributed by atoms with E-state index < -0.39 is 0 Å². The standard InChI is InChI=1S/C59H38N4O2/c1-35-29-31-46(56-50(32-30-42-41-20-7-12-26-52(41)65-57(42)56)62-47-23-9-6-19-40(47)45-33-36-15-2-3-16-37(36)34-51(45)62)60-58(44-22-14-28-54-55(44)43-21-8-13-27-53(43)64-54)61-59(35)63-48-24-10-4-17-38(48)39-18-5-11-25-49(39)63/h2-28,30-35H,29H2,1H3/b46-31+,60-58?,61-59?. The molecule has 5 heterocycles. The van der Waals surface area contributed by atoms with Gasteiger partial charge in [-0.15, -0.1) is 0 Å². The van der Waals surface area contributed by atoms with E-state index in [1.165, 1.54) is 32.3 Å². The number of nitrogens with zero attached hydrogens (tertiary/aromatic N) is 4. The minimum absolute atomic E-state index is 0.0204. The Labute approximate surface area is 372 Å². The molecule has 6 nitrogen and oxygen atoms in total. The topological polar surface area (TPSA) is 60.9 Å². The number of furan rings is 2. The highest BCUT2D eigenvalue weighted by atomic mass is 16.3. The highest BCUT2D eigenvalue weighted by Gasteiger charge is 2.28. The summed E-state index contributed by atoms with van der Waals surface area (Å²) in [6.07, 6.45) is 2.99. The quantitative estimate of drug-likeness (QED) is 0.178. The fourth-order valence-corrected chi connectivity index (χ4v) is 10.6. The van der Waals surface area contributed by atoms with Crippen molar-refractivity contribution in [2.45, 2.75) is 13.3 Å². The van der Waals surface area contributed by atoms with Gasteiger partial charge in [0.25, 0.3) is 0 Å². The highest BCUT2D eigenvalue weighted by Crippen LogP contribution is 2.44. The van der Waals surface area contributed by atoms with Gasteiger partial charge < -0.3 is 13.4 Å². The first kappa shape index (κ1) is 36.0. The van der Waals surface area contributed by atoms with Crippen molar-refractivity contribution in [1.82, 2.24) is 9.13 Å². The predicted octanol–water partition coefficient (Wildman–Crippen LogP) is 15.6. The smallest absolute Gasteiger partial charge is 0.162 e. The third-order valence-corrected chi connectivity index (χ3v) is 13.6. The number of allylic oxidation sites excluding steroid dienone is 1. The van der Waals surface area contributed by atoms with E-state index in [9.17, 15) is 0 Å². The Hall–Kier alpha value is -8.48. The summed E-state index contributed by atoms with van der Waals surface area (Å²) in [6.45, 7) is 2.29. The van der Waals surface area contributed by atoms with E-state index >= 15 is 0 Å². The number of benzene rings is 9. The molecule has 0 bridgehead atoms. The first-order valence-electron chi connectivity index (χ1n) is 22.3. The Kier molecular flexibility index (Phi) is 7.63. The number of hydrogen-bond acceptors (Lipinski definition) is 4. The first-order valence-corrected chi connectivity index (χ1v) is 22.3. The molecular weight excluding hydrogens is 797 g/mol. The molecule has 1 aliphatic rings. The summed E-state index contributed by atoms with van der Waals surface area (Å²) in [7, 11) is 0. The number of rotatable bonds is 3. The Bertz CT molecular complexity index is 4190. The average Bonchev–Trinajstić information content (AvgIpc) is 4.10. The molecule has 4 aromatic heterocycles. The van der Waals surface area contributed by atoms with Crippen molar-refractivity contribution in [1.29, 1.82) is 0 Å². The lowest BCUT2D eigenvalue weighted by Gasteiger charge is -2.22. The highest BCUT2D eigenvalue weighted by molar-refractivity contribution is 6.24. The summed E-state index contributed by atoms with van der Waals surface area (Å²) < 4.78 is 18.3. The van der Waals surface area contributed by atoms with Crippen molar-refractivity contribution in [2.24, 2.45) is 15.9 Å². The summed E-state index contributed by atoms with van der Waals surface area (Å²) >= 11 is 0. The molecule has 13 aromatic rings. The van der Waals surface area contributed by atoms with E-state index in [2.05, 4.69) is 186 Å². The van der Waals surface area contributed by atoms with Crippen LogP contribution in [-0.4, -0.2) is 20.8 Å². The van der Waals surface area contributed by atoms with Crippen LogP contribution in [0.4, 0.5) is 0 Å². The Balaban J connectivity index is 1.11. The number of aliphatic imine (C=N–C) groups is 2. The number of para-hydroxylation sites is 5. The van der Waals surface area contributed by atoms with Gasteiger partial charge in [-0.05, 0) is 77.9 Å². The normalized spacial score (nSPS) is 15.7. The van der Waals surface area contributed by atoms with Gasteiger partial charge in [-0.1, -0.05) is 140 Å². The van der Waals surface area contributed by atoms with Crippen LogP contribution in [0.15, 0.2) is 213 Å². The molecule has 1 aliphatic heterocycles. The molecule has 0 saturated carbocycles. The Morgan fingerprint density at radius 3 is 1.78 bits per heavy atom. The van der Waals surface area contributed by atoms with Crippen molar-refractivity contribution in [3.05, 3.63) is 205 Å². The lowest BCUT2D eigenvalue weighted by atomic mass is 9.98. The summed E-state index contributed by atoms with van der Waals surface area (Å²) in [5.41, 5.74) is 11.3. The lowest BCUT2D eigenvalue weighted by Crippen LogP contribution is -2.23. The molecule has 9 aromatic carbocycles. The van der Waals surface area contributed by atoms with Gasteiger partial charge in [0.2, 0.25) is 0 Å². The van der Waals surface area contributed by atoms with Gasteiger partial charge in [0.1, 0.15) is 28.2 Å². The van der Waals surface area contributed by atoms with Crippen LogP contribution in [0.3, 0.4) is 0 Å². The van der Waals surface area contributed by atoms with E-state index in [-0.39, 0.29) is 5.92 Å². The molecule has 0 N–H and O–H groups in total. The molecule has 14 rings (SSSR count). The Morgan fingerprint density at radius 1 is 0.462 bits per heavy atom. The summed E-state index contributed by atoms with van der Waals surface area (Å²) in [4.78, 5) is 11.6. The first-order chi connectivity index (χ1) is 32.2. The van der Waals surface area contributed by atoms with Gasteiger partial charge in [-0.3, -0.25) is 4.57 Å². The SMILES string of the molecule is CC1C/C=C(\c2c(-n3c4ccccc4c4cc5ccccc5cc43)ccc3c2oc2ccccc23)N=C(c2cccc3oc4ccccc4c23)N=C1n1c2ccccc2c2ccccc21. The van der Waals surface area contributed by atoms with Crippen LogP contribution in [-0.2, 0) is 0 Å². The summed E-state index contributed by atoms with van der Waals surface area (Å²) in [5.74, 6) is 1.51. The molecule has 0 saturated heterocycles.